The van der Waals surface area contributed by atoms with Gasteiger partial charge in [0.2, 0.25) is 0 Å². The third-order valence-electron chi connectivity index (χ3n) is 7.83. The summed E-state index contributed by atoms with van der Waals surface area (Å²) in [7, 11) is 1.86. The summed E-state index contributed by atoms with van der Waals surface area (Å²) in [6.45, 7) is 6.16. The summed E-state index contributed by atoms with van der Waals surface area (Å²) in [5, 5.41) is 1.66. The van der Waals surface area contributed by atoms with Crippen LogP contribution in [0.25, 0.3) is 0 Å². The van der Waals surface area contributed by atoms with Crippen molar-refractivity contribution in [2.24, 2.45) is 34.3 Å². The first-order valence-corrected chi connectivity index (χ1v) is 11.0. The molecule has 5 aliphatic rings. The molecule has 3 atom stereocenters. The van der Waals surface area contributed by atoms with E-state index in [0.717, 1.165) is 29.9 Å². The van der Waals surface area contributed by atoms with E-state index in [4.69, 9.17) is 10.6 Å². The highest BCUT2D eigenvalue weighted by molar-refractivity contribution is 5.27. The molecule has 5 aliphatic carbocycles. The number of nitrogens with two attached hydrogens (primary N) is 1. The molecule has 28 heavy (non-hydrogen) atoms. The van der Waals surface area contributed by atoms with E-state index in [-0.39, 0.29) is 5.41 Å². The maximum absolute atomic E-state index is 6.01. The van der Waals surface area contributed by atoms with E-state index in [1.165, 1.54) is 44.9 Å². The van der Waals surface area contributed by atoms with Crippen LogP contribution in [0.4, 0.5) is 0 Å². The largest absolute Gasteiger partial charge is 0.397 e. The molecule has 0 aromatic heterocycles. The maximum Gasteiger partial charge on any atom is 0.151 e. The molecule has 3 heteroatoms. The smallest absolute Gasteiger partial charge is 0.151 e. The molecule has 0 saturated heterocycles. The van der Waals surface area contributed by atoms with Crippen LogP contribution in [-0.4, -0.2) is 12.1 Å². The quantitative estimate of drug-likeness (QED) is 0.369. The molecule has 4 saturated carbocycles. The Morgan fingerprint density at radius 3 is 2.54 bits per heavy atom. The van der Waals surface area contributed by atoms with Crippen LogP contribution in [0.5, 0.6) is 0 Å². The van der Waals surface area contributed by atoms with E-state index in [2.05, 4.69) is 43.9 Å². The van der Waals surface area contributed by atoms with Gasteiger partial charge in [-0.15, -0.1) is 0 Å². The average molecular weight is 381 g/mol. The van der Waals surface area contributed by atoms with Gasteiger partial charge in [0.15, 0.2) is 5.76 Å². The van der Waals surface area contributed by atoms with E-state index in [1.807, 2.05) is 7.05 Å². The number of hydrogen-bond acceptors (Lipinski definition) is 3. The van der Waals surface area contributed by atoms with Gasteiger partial charge in [-0.2, -0.15) is 0 Å². The summed E-state index contributed by atoms with van der Waals surface area (Å²) in [5.74, 6) is 3.72. The summed E-state index contributed by atoms with van der Waals surface area (Å²) in [4.78, 5) is 6.01. The lowest BCUT2D eigenvalue weighted by Crippen LogP contribution is -2.47. The highest BCUT2D eigenvalue weighted by atomic mass is 16.7. The molecule has 0 aromatic carbocycles. The van der Waals surface area contributed by atoms with Crippen molar-refractivity contribution < 1.29 is 4.84 Å². The Hall–Kier alpha value is -1.90. The number of nitrogens with zero attached hydrogens (tertiary/aromatic N) is 1. The SMILES string of the molecule is C=C/C(N)=C\N(C)OC1=C/C/C=C\C(C)(C23CC4CCC(CC(C4)C2)C3)/C=C\1. The lowest BCUT2D eigenvalue weighted by molar-refractivity contribution is -0.0478. The summed E-state index contributed by atoms with van der Waals surface area (Å²) in [6.07, 6.45) is 26.0. The minimum absolute atomic E-state index is 0.102. The van der Waals surface area contributed by atoms with Gasteiger partial charge in [0.05, 0.1) is 11.9 Å². The summed E-state index contributed by atoms with van der Waals surface area (Å²) in [5.41, 5.74) is 6.95. The number of rotatable bonds is 5. The second-order valence-electron chi connectivity index (χ2n) is 9.87. The highest BCUT2D eigenvalue weighted by Gasteiger charge is 2.55. The zero-order chi connectivity index (χ0) is 19.8. The van der Waals surface area contributed by atoms with Crippen LogP contribution >= 0.6 is 0 Å². The summed E-state index contributed by atoms with van der Waals surface area (Å²) >= 11 is 0. The molecule has 2 N–H and O–H groups in total. The highest BCUT2D eigenvalue weighted by Crippen LogP contribution is 2.65. The molecule has 0 aromatic rings. The van der Waals surface area contributed by atoms with Crippen LogP contribution < -0.4 is 5.73 Å². The molecule has 3 unspecified atom stereocenters. The standard InChI is InChI=1S/C25H36N2O/c1-4-22(26)18-27(3)28-23-7-5-6-11-24(2,12-10-23)25-15-19-8-9-20(16-25)14-21(13-19)17-25/h4,6-7,10-12,18-21H,1,5,8-9,13-17,26H2,2-3H3/b11-6-,12-10-,22-18+,23-7+. The number of fused-ring (bicyclic) bond motifs is 1. The Morgan fingerprint density at radius 1 is 1.18 bits per heavy atom. The first-order valence-electron chi connectivity index (χ1n) is 11.0. The number of hydrogen-bond donors (Lipinski definition) is 1. The van der Waals surface area contributed by atoms with Gasteiger partial charge < -0.3 is 10.6 Å². The minimum atomic E-state index is 0.102. The second-order valence-corrected chi connectivity index (χ2v) is 9.87. The first kappa shape index (κ1) is 19.4. The summed E-state index contributed by atoms with van der Waals surface area (Å²) < 4.78 is 0. The Labute approximate surface area is 170 Å². The third-order valence-corrected chi connectivity index (χ3v) is 7.83. The van der Waals surface area contributed by atoms with Crippen molar-refractivity contribution in [3.63, 3.8) is 0 Å². The molecule has 4 fully saturated rings. The minimum Gasteiger partial charge on any atom is -0.397 e. The van der Waals surface area contributed by atoms with Gasteiger partial charge in [0.1, 0.15) is 0 Å². The van der Waals surface area contributed by atoms with Crippen molar-refractivity contribution in [3.8, 4) is 0 Å². The third kappa shape index (κ3) is 3.68. The van der Waals surface area contributed by atoms with Crippen molar-refractivity contribution in [2.75, 3.05) is 7.05 Å². The van der Waals surface area contributed by atoms with Crippen molar-refractivity contribution in [1.29, 1.82) is 0 Å². The van der Waals surface area contributed by atoms with Gasteiger partial charge in [0, 0.05) is 12.5 Å². The van der Waals surface area contributed by atoms with Crippen LogP contribution in [0.1, 0.15) is 58.3 Å². The average Bonchev–Trinajstić information content (AvgIpc) is 2.86. The van der Waals surface area contributed by atoms with E-state index >= 15 is 0 Å². The van der Waals surface area contributed by atoms with Gasteiger partial charge in [-0.3, -0.25) is 0 Å². The van der Waals surface area contributed by atoms with Crippen LogP contribution in [-0.2, 0) is 4.84 Å². The van der Waals surface area contributed by atoms with Gasteiger partial charge in [-0.25, -0.2) is 5.06 Å². The number of allylic oxidation sites excluding steroid dienone is 6. The Bertz CT molecular complexity index is 715. The Balaban J connectivity index is 1.57. The fourth-order valence-corrected chi connectivity index (χ4v) is 6.60. The van der Waals surface area contributed by atoms with Gasteiger partial charge in [0.25, 0.3) is 0 Å². The Morgan fingerprint density at radius 2 is 1.86 bits per heavy atom. The second kappa shape index (κ2) is 7.50. The van der Waals surface area contributed by atoms with Crippen LogP contribution in [0.3, 0.4) is 0 Å². The molecular weight excluding hydrogens is 344 g/mol. The first-order chi connectivity index (χ1) is 13.4. The van der Waals surface area contributed by atoms with E-state index in [1.54, 1.807) is 17.3 Å². The molecule has 5 rings (SSSR count). The van der Waals surface area contributed by atoms with Crippen LogP contribution in [0.15, 0.2) is 60.7 Å². The zero-order valence-corrected chi connectivity index (χ0v) is 17.6. The van der Waals surface area contributed by atoms with Gasteiger partial charge >= 0.3 is 0 Å². The lowest BCUT2D eigenvalue weighted by atomic mass is 9.48. The predicted molar refractivity (Wildman–Crippen MR) is 116 cm³/mol. The van der Waals surface area contributed by atoms with Crippen molar-refractivity contribution in [1.82, 2.24) is 5.06 Å². The molecule has 152 valence electrons. The molecule has 0 radical (unpaired) electrons. The van der Waals surface area contributed by atoms with E-state index < -0.39 is 0 Å². The zero-order valence-electron chi connectivity index (χ0n) is 17.6. The van der Waals surface area contributed by atoms with Crippen molar-refractivity contribution in [2.45, 2.75) is 58.3 Å². The van der Waals surface area contributed by atoms with Crippen LogP contribution in [0, 0.1) is 28.6 Å². The molecule has 0 heterocycles. The van der Waals surface area contributed by atoms with Crippen molar-refractivity contribution >= 4 is 0 Å². The topological polar surface area (TPSA) is 38.5 Å². The number of hydroxylamine groups is 2. The molecule has 3 nitrogen and oxygen atoms in total. The maximum atomic E-state index is 6.01. The van der Waals surface area contributed by atoms with E-state index in [0.29, 0.717) is 11.1 Å². The Kier molecular flexibility index (Phi) is 5.20. The summed E-state index contributed by atoms with van der Waals surface area (Å²) in [6, 6.07) is 0. The van der Waals surface area contributed by atoms with Crippen molar-refractivity contribution in [3.05, 3.63) is 60.7 Å². The van der Waals surface area contributed by atoms with Gasteiger partial charge in [-0.1, -0.05) is 44.6 Å². The molecular formula is C25H36N2O. The monoisotopic (exact) mass is 380 g/mol. The lowest BCUT2D eigenvalue weighted by Gasteiger charge is -2.56. The molecule has 0 spiro atoms. The molecule has 0 aliphatic heterocycles. The molecule has 4 bridgehead atoms. The normalized spacial score (nSPS) is 43.9. The fourth-order valence-electron chi connectivity index (χ4n) is 6.60. The fraction of sp³-hybridized carbons (Fsp3) is 0.600. The van der Waals surface area contributed by atoms with E-state index in [9.17, 15) is 0 Å². The molecule has 0 amide bonds. The van der Waals surface area contributed by atoms with Gasteiger partial charge in [-0.05, 0) is 79.9 Å². The predicted octanol–water partition coefficient (Wildman–Crippen LogP) is 5.85. The van der Waals surface area contributed by atoms with Crippen LogP contribution in [0.2, 0.25) is 0 Å².